The molecule has 0 radical (unpaired) electrons. The second-order valence-corrected chi connectivity index (χ2v) is 8.43. The van der Waals surface area contributed by atoms with Gasteiger partial charge >= 0.3 is 0 Å². The van der Waals surface area contributed by atoms with Crippen molar-refractivity contribution in [1.82, 2.24) is 9.80 Å². The Morgan fingerprint density at radius 3 is 2.15 bits per heavy atom. The molecule has 0 saturated heterocycles. The summed E-state index contributed by atoms with van der Waals surface area (Å²) >= 11 is 0. The van der Waals surface area contributed by atoms with Crippen LogP contribution in [-0.4, -0.2) is 57.6 Å². The van der Waals surface area contributed by atoms with Gasteiger partial charge in [-0.1, -0.05) is 18.2 Å². The van der Waals surface area contributed by atoms with Crippen LogP contribution in [0.2, 0.25) is 0 Å². The first-order valence-corrected chi connectivity index (χ1v) is 10.0. The van der Waals surface area contributed by atoms with E-state index in [2.05, 4.69) is 0 Å². The number of nitrogens with zero attached hydrogens (tertiary/aromatic N) is 2. The Morgan fingerprint density at radius 2 is 1.62 bits per heavy atom. The average Bonchev–Trinajstić information content (AvgIpc) is 2.58. The van der Waals surface area contributed by atoms with Gasteiger partial charge in [-0.3, -0.25) is 4.79 Å². The third-order valence-corrected chi connectivity index (χ3v) is 5.08. The van der Waals surface area contributed by atoms with Crippen LogP contribution in [0.3, 0.4) is 0 Å². The van der Waals surface area contributed by atoms with Crippen LogP contribution < -0.4 is 0 Å². The number of likely N-dealkylation sites (N-methyl/N-ethyl adjacent to an activating group) is 1. The fourth-order valence-electron chi connectivity index (χ4n) is 2.43. The minimum absolute atomic E-state index is 0.146. The lowest BCUT2D eigenvalue weighted by Gasteiger charge is -2.25. The van der Waals surface area contributed by atoms with Crippen molar-refractivity contribution in [3.63, 3.8) is 0 Å². The van der Waals surface area contributed by atoms with Crippen molar-refractivity contribution < 1.29 is 17.6 Å². The lowest BCUT2D eigenvalue weighted by Crippen LogP contribution is -2.36. The number of sulfone groups is 1. The third-order valence-electron chi connectivity index (χ3n) is 3.95. The predicted octanol–water partition coefficient (Wildman–Crippen LogP) is 2.43. The normalized spacial score (nSPS) is 11.6. The molecule has 26 heavy (non-hydrogen) atoms. The molecule has 0 N–H and O–H groups in total. The molecule has 2 aromatic rings. The van der Waals surface area contributed by atoms with Gasteiger partial charge in [-0.25, -0.2) is 12.8 Å². The molecular formula is C19H23FN2O3S. The molecule has 7 heteroatoms. The summed E-state index contributed by atoms with van der Waals surface area (Å²) in [6.07, 6.45) is 1.12. The monoisotopic (exact) mass is 378 g/mol. The Bertz CT molecular complexity index is 865. The van der Waals surface area contributed by atoms with E-state index in [-0.39, 0.29) is 23.2 Å². The third kappa shape index (κ3) is 5.37. The molecule has 1 amide bonds. The summed E-state index contributed by atoms with van der Waals surface area (Å²) in [6, 6.07) is 12.2. The highest BCUT2D eigenvalue weighted by Crippen LogP contribution is 2.15. The molecule has 0 bridgehead atoms. The van der Waals surface area contributed by atoms with Gasteiger partial charge in [0.1, 0.15) is 5.82 Å². The van der Waals surface area contributed by atoms with E-state index >= 15 is 0 Å². The van der Waals surface area contributed by atoms with Crippen molar-refractivity contribution >= 4 is 15.7 Å². The van der Waals surface area contributed by atoms with E-state index in [0.29, 0.717) is 24.2 Å². The van der Waals surface area contributed by atoms with E-state index in [4.69, 9.17) is 0 Å². The SMILES string of the molecule is CN(C)CCN(Cc1ccccc1F)C(=O)c1ccc(S(C)(=O)=O)cc1. The zero-order chi connectivity index (χ0) is 19.3. The molecule has 2 rings (SSSR count). The van der Waals surface area contributed by atoms with Gasteiger partial charge in [-0.15, -0.1) is 0 Å². The molecule has 0 fully saturated rings. The maximum absolute atomic E-state index is 14.0. The first-order chi connectivity index (χ1) is 12.2. The highest BCUT2D eigenvalue weighted by atomic mass is 32.2. The summed E-state index contributed by atoms with van der Waals surface area (Å²) in [7, 11) is 0.469. The average molecular weight is 378 g/mol. The molecular weight excluding hydrogens is 355 g/mol. The molecule has 0 atom stereocenters. The second kappa shape index (κ2) is 8.42. The van der Waals surface area contributed by atoms with Crippen LogP contribution >= 0.6 is 0 Å². The Hall–Kier alpha value is -2.25. The van der Waals surface area contributed by atoms with Gasteiger partial charge in [-0.2, -0.15) is 0 Å². The van der Waals surface area contributed by atoms with Crippen LogP contribution in [0.5, 0.6) is 0 Å². The summed E-state index contributed by atoms with van der Waals surface area (Å²) < 4.78 is 37.1. The highest BCUT2D eigenvalue weighted by molar-refractivity contribution is 7.90. The maximum Gasteiger partial charge on any atom is 0.254 e. The Kier molecular flexibility index (Phi) is 6.50. The van der Waals surface area contributed by atoms with Crippen LogP contribution in [0, 0.1) is 5.82 Å². The number of hydrogen-bond donors (Lipinski definition) is 0. The summed E-state index contributed by atoms with van der Waals surface area (Å²) in [5, 5.41) is 0. The topological polar surface area (TPSA) is 57.7 Å². The van der Waals surface area contributed by atoms with Crippen LogP contribution in [0.25, 0.3) is 0 Å². The van der Waals surface area contributed by atoms with Crippen molar-refractivity contribution in [2.75, 3.05) is 33.4 Å². The molecule has 0 spiro atoms. The first kappa shape index (κ1) is 20.1. The fourth-order valence-corrected chi connectivity index (χ4v) is 3.06. The zero-order valence-corrected chi connectivity index (χ0v) is 16.0. The van der Waals surface area contributed by atoms with Gasteiger partial charge in [0.25, 0.3) is 5.91 Å². The van der Waals surface area contributed by atoms with Gasteiger partial charge in [0.05, 0.1) is 4.90 Å². The number of carbonyl (C=O) groups is 1. The van der Waals surface area contributed by atoms with E-state index < -0.39 is 9.84 Å². The molecule has 0 aliphatic carbocycles. The van der Waals surface area contributed by atoms with Crippen LogP contribution in [0.15, 0.2) is 53.4 Å². The van der Waals surface area contributed by atoms with Gasteiger partial charge in [0.2, 0.25) is 0 Å². The first-order valence-electron chi connectivity index (χ1n) is 8.16. The van der Waals surface area contributed by atoms with Gasteiger partial charge in [0, 0.05) is 37.0 Å². The van der Waals surface area contributed by atoms with Gasteiger partial charge in [-0.05, 0) is 44.4 Å². The number of rotatable bonds is 7. The zero-order valence-electron chi connectivity index (χ0n) is 15.1. The molecule has 0 aliphatic rings. The van der Waals surface area contributed by atoms with Crippen molar-refractivity contribution in [3.05, 3.63) is 65.5 Å². The van der Waals surface area contributed by atoms with Crippen molar-refractivity contribution in [3.8, 4) is 0 Å². The van der Waals surface area contributed by atoms with Crippen molar-refractivity contribution in [2.24, 2.45) is 0 Å². The molecule has 0 aliphatic heterocycles. The minimum Gasteiger partial charge on any atom is -0.333 e. The molecule has 2 aromatic carbocycles. The largest absolute Gasteiger partial charge is 0.333 e. The standard InChI is InChI=1S/C19H23FN2O3S/c1-21(2)12-13-22(14-16-6-4-5-7-18(16)20)19(23)15-8-10-17(11-9-15)26(3,24)25/h4-11H,12-14H2,1-3H3. The van der Waals surface area contributed by atoms with Crippen LogP contribution in [0.4, 0.5) is 4.39 Å². The van der Waals surface area contributed by atoms with E-state index in [1.165, 1.54) is 30.3 Å². The number of halogens is 1. The summed E-state index contributed by atoms with van der Waals surface area (Å²) in [5.74, 6) is -0.627. The molecule has 0 aromatic heterocycles. The van der Waals surface area contributed by atoms with E-state index in [1.807, 2.05) is 19.0 Å². The van der Waals surface area contributed by atoms with Crippen LogP contribution in [-0.2, 0) is 16.4 Å². The molecule has 0 saturated carbocycles. The highest BCUT2D eigenvalue weighted by Gasteiger charge is 2.18. The minimum atomic E-state index is -3.32. The lowest BCUT2D eigenvalue weighted by atomic mass is 10.1. The van der Waals surface area contributed by atoms with Gasteiger partial charge < -0.3 is 9.80 Å². The molecule has 0 heterocycles. The summed E-state index contributed by atoms with van der Waals surface area (Å²) in [4.78, 5) is 16.5. The number of hydrogen-bond acceptors (Lipinski definition) is 4. The van der Waals surface area contributed by atoms with E-state index in [1.54, 1.807) is 23.1 Å². The molecule has 140 valence electrons. The Balaban J connectivity index is 2.26. The van der Waals surface area contributed by atoms with Crippen molar-refractivity contribution in [2.45, 2.75) is 11.4 Å². The second-order valence-electron chi connectivity index (χ2n) is 6.42. The quantitative estimate of drug-likeness (QED) is 0.743. The van der Waals surface area contributed by atoms with Crippen LogP contribution in [0.1, 0.15) is 15.9 Å². The summed E-state index contributed by atoms with van der Waals surface area (Å²) in [5.41, 5.74) is 0.805. The smallest absolute Gasteiger partial charge is 0.254 e. The molecule has 0 unspecified atom stereocenters. The summed E-state index contributed by atoms with van der Waals surface area (Å²) in [6.45, 7) is 1.20. The Labute approximate surface area is 154 Å². The number of carbonyl (C=O) groups excluding carboxylic acids is 1. The number of benzene rings is 2. The van der Waals surface area contributed by atoms with Crippen molar-refractivity contribution in [1.29, 1.82) is 0 Å². The van der Waals surface area contributed by atoms with E-state index in [9.17, 15) is 17.6 Å². The van der Waals surface area contributed by atoms with E-state index in [0.717, 1.165) is 6.26 Å². The predicted molar refractivity (Wildman–Crippen MR) is 99.2 cm³/mol. The number of amides is 1. The lowest BCUT2D eigenvalue weighted by molar-refractivity contribution is 0.0730. The van der Waals surface area contributed by atoms with Gasteiger partial charge in [0.15, 0.2) is 9.84 Å². The fraction of sp³-hybridized carbons (Fsp3) is 0.316. The molecule has 5 nitrogen and oxygen atoms in total. The maximum atomic E-state index is 14.0. The Morgan fingerprint density at radius 1 is 1.00 bits per heavy atom.